The standard InChI is InChI=1S/C23H22Cl2N2O4S/c1-16(21-8-3-4-9-22(21)31-2)26-23(28)15-27(19-7-5-6-18(25)14-19)32(29,30)20-12-10-17(24)11-13-20/h3-14,16H,15H2,1-2H3,(H,26,28)/t16-/m0/s1. The fourth-order valence-corrected chi connectivity index (χ4v) is 4.92. The van der Waals surface area contributed by atoms with Gasteiger partial charge in [0, 0.05) is 15.6 Å². The van der Waals surface area contributed by atoms with Crippen LogP contribution < -0.4 is 14.4 Å². The molecule has 3 aromatic carbocycles. The van der Waals surface area contributed by atoms with Gasteiger partial charge in [-0.05, 0) is 55.5 Å². The van der Waals surface area contributed by atoms with Crippen molar-refractivity contribution >= 4 is 44.8 Å². The van der Waals surface area contributed by atoms with Crippen LogP contribution in [0.1, 0.15) is 18.5 Å². The fourth-order valence-electron chi connectivity index (χ4n) is 3.20. The third-order valence-corrected chi connectivity index (χ3v) is 7.04. The summed E-state index contributed by atoms with van der Waals surface area (Å²) in [5, 5.41) is 3.59. The number of hydrogen-bond acceptors (Lipinski definition) is 4. The smallest absolute Gasteiger partial charge is 0.264 e. The molecule has 3 rings (SSSR count). The summed E-state index contributed by atoms with van der Waals surface area (Å²) in [6.07, 6.45) is 0. The highest BCUT2D eigenvalue weighted by molar-refractivity contribution is 7.92. The second kappa shape index (κ2) is 10.3. The maximum absolute atomic E-state index is 13.4. The van der Waals surface area contributed by atoms with E-state index in [1.165, 1.54) is 30.3 Å². The molecule has 0 bridgehead atoms. The Bertz CT molecular complexity index is 1200. The van der Waals surface area contributed by atoms with Gasteiger partial charge in [0.1, 0.15) is 12.3 Å². The number of benzene rings is 3. The fraction of sp³-hybridized carbons (Fsp3) is 0.174. The van der Waals surface area contributed by atoms with Gasteiger partial charge in [0.15, 0.2) is 0 Å². The minimum Gasteiger partial charge on any atom is -0.496 e. The molecule has 0 radical (unpaired) electrons. The van der Waals surface area contributed by atoms with Crippen LogP contribution in [0.5, 0.6) is 5.75 Å². The van der Waals surface area contributed by atoms with Crippen molar-refractivity contribution in [1.29, 1.82) is 0 Å². The zero-order valence-corrected chi connectivity index (χ0v) is 19.8. The topological polar surface area (TPSA) is 75.7 Å². The molecule has 0 saturated heterocycles. The van der Waals surface area contributed by atoms with Gasteiger partial charge in [-0.15, -0.1) is 0 Å². The average molecular weight is 493 g/mol. The van der Waals surface area contributed by atoms with Gasteiger partial charge >= 0.3 is 0 Å². The molecule has 0 unspecified atom stereocenters. The van der Waals surface area contributed by atoms with E-state index in [9.17, 15) is 13.2 Å². The number of nitrogens with zero attached hydrogens (tertiary/aromatic N) is 1. The van der Waals surface area contributed by atoms with Gasteiger partial charge in [-0.25, -0.2) is 8.42 Å². The van der Waals surface area contributed by atoms with Crippen molar-refractivity contribution < 1.29 is 17.9 Å². The minimum absolute atomic E-state index is 0.00690. The predicted molar refractivity (Wildman–Crippen MR) is 127 cm³/mol. The molecule has 0 aromatic heterocycles. The van der Waals surface area contributed by atoms with Gasteiger partial charge in [0.2, 0.25) is 5.91 Å². The highest BCUT2D eigenvalue weighted by atomic mass is 35.5. The third kappa shape index (κ3) is 5.54. The highest BCUT2D eigenvalue weighted by Gasteiger charge is 2.28. The van der Waals surface area contributed by atoms with Crippen LogP contribution in [0.4, 0.5) is 5.69 Å². The van der Waals surface area contributed by atoms with Crippen molar-refractivity contribution in [2.45, 2.75) is 17.9 Å². The van der Waals surface area contributed by atoms with Crippen LogP contribution in [-0.4, -0.2) is 28.0 Å². The molecule has 0 fully saturated rings. The van der Waals surface area contributed by atoms with E-state index < -0.39 is 28.5 Å². The number of anilines is 1. The van der Waals surface area contributed by atoms with Gasteiger partial charge in [-0.3, -0.25) is 9.10 Å². The van der Waals surface area contributed by atoms with E-state index in [0.29, 0.717) is 15.8 Å². The summed E-state index contributed by atoms with van der Waals surface area (Å²) >= 11 is 12.0. The Morgan fingerprint density at radius 3 is 2.34 bits per heavy atom. The molecule has 6 nitrogen and oxygen atoms in total. The Balaban J connectivity index is 1.90. The van der Waals surface area contributed by atoms with E-state index in [1.807, 2.05) is 18.2 Å². The number of halogens is 2. The Morgan fingerprint density at radius 2 is 1.69 bits per heavy atom. The maximum atomic E-state index is 13.4. The number of sulfonamides is 1. The summed E-state index contributed by atoms with van der Waals surface area (Å²) in [5.41, 5.74) is 1.05. The van der Waals surface area contributed by atoms with Crippen LogP contribution in [0.3, 0.4) is 0 Å². The van der Waals surface area contributed by atoms with Crippen molar-refractivity contribution in [2.24, 2.45) is 0 Å². The molecule has 0 heterocycles. The zero-order chi connectivity index (χ0) is 23.3. The summed E-state index contributed by atoms with van der Waals surface area (Å²) in [6, 6.07) is 19.0. The van der Waals surface area contributed by atoms with Gasteiger partial charge in [0.25, 0.3) is 10.0 Å². The molecule has 1 amide bonds. The maximum Gasteiger partial charge on any atom is 0.264 e. The minimum atomic E-state index is -4.07. The Kier molecular flexibility index (Phi) is 7.66. The van der Waals surface area contributed by atoms with Crippen molar-refractivity contribution in [2.75, 3.05) is 18.0 Å². The quantitative estimate of drug-likeness (QED) is 0.475. The summed E-state index contributed by atoms with van der Waals surface area (Å²) in [7, 11) is -2.52. The Labute approximate surface area is 197 Å². The molecule has 1 atom stereocenters. The van der Waals surface area contributed by atoms with E-state index in [-0.39, 0.29) is 10.6 Å². The SMILES string of the molecule is COc1ccccc1[C@H](C)NC(=O)CN(c1cccc(Cl)c1)S(=O)(=O)c1ccc(Cl)cc1. The first-order valence-corrected chi connectivity index (χ1v) is 11.9. The van der Waals surface area contributed by atoms with Crippen molar-refractivity contribution in [1.82, 2.24) is 5.32 Å². The number of hydrogen-bond donors (Lipinski definition) is 1. The summed E-state index contributed by atoms with van der Waals surface area (Å²) in [5.74, 6) is 0.140. The predicted octanol–water partition coefficient (Wildman–Crippen LogP) is 5.07. The van der Waals surface area contributed by atoms with E-state index in [1.54, 1.807) is 38.3 Å². The molecule has 0 aliphatic rings. The van der Waals surface area contributed by atoms with Crippen LogP contribution in [0.25, 0.3) is 0 Å². The van der Waals surface area contributed by atoms with Crippen molar-refractivity contribution in [3.05, 3.63) is 88.4 Å². The molecule has 1 N–H and O–H groups in total. The summed E-state index contributed by atoms with van der Waals surface area (Å²) in [6.45, 7) is 1.36. The number of amides is 1. The Morgan fingerprint density at radius 1 is 1.00 bits per heavy atom. The highest BCUT2D eigenvalue weighted by Crippen LogP contribution is 2.28. The molecular weight excluding hydrogens is 471 g/mol. The third-order valence-electron chi connectivity index (χ3n) is 4.77. The molecule has 3 aromatic rings. The van der Waals surface area contributed by atoms with Crippen LogP contribution >= 0.6 is 23.2 Å². The van der Waals surface area contributed by atoms with E-state index in [0.717, 1.165) is 9.87 Å². The van der Waals surface area contributed by atoms with Crippen molar-refractivity contribution in [3.8, 4) is 5.75 Å². The zero-order valence-electron chi connectivity index (χ0n) is 17.5. The number of carbonyl (C=O) groups is 1. The van der Waals surface area contributed by atoms with Crippen LogP contribution in [0.15, 0.2) is 77.7 Å². The first kappa shape index (κ1) is 23.9. The van der Waals surface area contributed by atoms with Gasteiger partial charge in [0.05, 0.1) is 23.7 Å². The number of nitrogens with one attached hydrogen (secondary N) is 1. The van der Waals surface area contributed by atoms with E-state index in [4.69, 9.17) is 27.9 Å². The lowest BCUT2D eigenvalue weighted by Crippen LogP contribution is -2.41. The normalized spacial score (nSPS) is 12.1. The lowest BCUT2D eigenvalue weighted by atomic mass is 10.1. The average Bonchev–Trinajstić information content (AvgIpc) is 2.77. The Hall–Kier alpha value is -2.74. The number of para-hydroxylation sites is 1. The lowest BCUT2D eigenvalue weighted by molar-refractivity contribution is -0.120. The monoisotopic (exact) mass is 492 g/mol. The molecule has 0 saturated carbocycles. The molecular formula is C23H22Cl2N2O4S. The number of rotatable bonds is 8. The molecule has 0 aliphatic carbocycles. The number of ether oxygens (including phenoxy) is 1. The van der Waals surface area contributed by atoms with Crippen molar-refractivity contribution in [3.63, 3.8) is 0 Å². The van der Waals surface area contributed by atoms with Crippen LogP contribution in [0, 0.1) is 0 Å². The van der Waals surface area contributed by atoms with E-state index >= 15 is 0 Å². The lowest BCUT2D eigenvalue weighted by Gasteiger charge is -2.25. The number of methoxy groups -OCH3 is 1. The summed E-state index contributed by atoms with van der Waals surface area (Å²) < 4.78 is 33.1. The molecule has 168 valence electrons. The first-order chi connectivity index (χ1) is 15.2. The largest absolute Gasteiger partial charge is 0.496 e. The van der Waals surface area contributed by atoms with Gasteiger partial charge in [-0.1, -0.05) is 47.5 Å². The first-order valence-electron chi connectivity index (χ1n) is 9.68. The van der Waals surface area contributed by atoms with E-state index in [2.05, 4.69) is 5.32 Å². The summed E-state index contributed by atoms with van der Waals surface area (Å²) in [4.78, 5) is 12.9. The van der Waals surface area contributed by atoms with Gasteiger partial charge in [-0.2, -0.15) is 0 Å². The van der Waals surface area contributed by atoms with Gasteiger partial charge < -0.3 is 10.1 Å². The second-order valence-corrected chi connectivity index (χ2v) is 9.71. The van der Waals surface area contributed by atoms with Crippen LogP contribution in [-0.2, 0) is 14.8 Å². The second-order valence-electron chi connectivity index (χ2n) is 6.98. The molecule has 0 spiro atoms. The van der Waals surface area contributed by atoms with Crippen LogP contribution in [0.2, 0.25) is 10.0 Å². The number of carbonyl (C=O) groups excluding carboxylic acids is 1. The molecule has 0 aliphatic heterocycles. The molecule has 32 heavy (non-hydrogen) atoms. The molecule has 9 heteroatoms.